The average molecular weight is 386 g/mol. The third-order valence-electron chi connectivity index (χ3n) is 4.57. The number of carbonyl (C=O) groups excluding carboxylic acids is 2. The lowest BCUT2D eigenvalue weighted by molar-refractivity contribution is -0.143. The quantitative estimate of drug-likeness (QED) is 0.568. The normalized spacial score (nSPS) is 13.2. The molecule has 0 aliphatic heterocycles. The van der Waals surface area contributed by atoms with E-state index >= 15 is 0 Å². The SMILES string of the molecule is COC(=O)[C@@H](CCO[Si](C)(C)C(C)(C)C)NC(=O)c1ccc(Cl)cc1. The summed E-state index contributed by atoms with van der Waals surface area (Å²) >= 11 is 5.82. The first kappa shape index (κ1) is 21.7. The van der Waals surface area contributed by atoms with Crippen LogP contribution in [0.25, 0.3) is 0 Å². The van der Waals surface area contributed by atoms with Crippen molar-refractivity contribution < 1.29 is 18.8 Å². The highest BCUT2D eigenvalue weighted by atomic mass is 35.5. The molecule has 1 aromatic rings. The van der Waals surface area contributed by atoms with Gasteiger partial charge in [0, 0.05) is 23.6 Å². The van der Waals surface area contributed by atoms with Crippen LogP contribution >= 0.6 is 11.6 Å². The molecule has 0 radical (unpaired) electrons. The van der Waals surface area contributed by atoms with Crippen LogP contribution in [0.1, 0.15) is 37.6 Å². The first-order valence-corrected chi connectivity index (χ1v) is 11.5. The number of halogens is 1. The highest BCUT2D eigenvalue weighted by Crippen LogP contribution is 2.36. The smallest absolute Gasteiger partial charge is 0.328 e. The van der Waals surface area contributed by atoms with Gasteiger partial charge in [-0.15, -0.1) is 0 Å². The largest absolute Gasteiger partial charge is 0.467 e. The van der Waals surface area contributed by atoms with Gasteiger partial charge in [-0.2, -0.15) is 0 Å². The molecule has 1 aromatic carbocycles. The molecule has 1 N–H and O–H groups in total. The summed E-state index contributed by atoms with van der Waals surface area (Å²) < 4.78 is 10.9. The van der Waals surface area contributed by atoms with Crippen LogP contribution in [-0.2, 0) is 14.0 Å². The van der Waals surface area contributed by atoms with Gasteiger partial charge in [-0.1, -0.05) is 32.4 Å². The van der Waals surface area contributed by atoms with E-state index in [-0.39, 0.29) is 10.9 Å². The first-order valence-electron chi connectivity index (χ1n) is 8.26. The number of rotatable bonds is 7. The second-order valence-electron chi connectivity index (χ2n) is 7.45. The van der Waals surface area contributed by atoms with E-state index in [0.29, 0.717) is 23.6 Å². The maximum absolute atomic E-state index is 12.3. The van der Waals surface area contributed by atoms with Gasteiger partial charge in [0.05, 0.1) is 7.11 Å². The van der Waals surface area contributed by atoms with E-state index in [0.717, 1.165) is 0 Å². The lowest BCUT2D eigenvalue weighted by Gasteiger charge is -2.36. The molecule has 140 valence electrons. The van der Waals surface area contributed by atoms with Crippen LogP contribution in [0.3, 0.4) is 0 Å². The molecule has 1 atom stereocenters. The second kappa shape index (κ2) is 8.83. The van der Waals surface area contributed by atoms with E-state index in [9.17, 15) is 9.59 Å². The Labute approximate surface area is 156 Å². The molecule has 0 fully saturated rings. The molecular formula is C18H28ClNO4Si. The predicted molar refractivity (Wildman–Crippen MR) is 102 cm³/mol. The maximum Gasteiger partial charge on any atom is 0.328 e. The fourth-order valence-electron chi connectivity index (χ4n) is 1.88. The maximum atomic E-state index is 12.3. The van der Waals surface area contributed by atoms with Crippen LogP contribution in [0.5, 0.6) is 0 Å². The summed E-state index contributed by atoms with van der Waals surface area (Å²) in [5.74, 6) is -0.833. The van der Waals surface area contributed by atoms with Crippen LogP contribution in [0.15, 0.2) is 24.3 Å². The molecule has 0 bridgehead atoms. The van der Waals surface area contributed by atoms with Gasteiger partial charge in [-0.05, 0) is 42.4 Å². The van der Waals surface area contributed by atoms with Crippen LogP contribution < -0.4 is 5.32 Å². The minimum Gasteiger partial charge on any atom is -0.467 e. The first-order chi connectivity index (χ1) is 11.5. The molecule has 0 aliphatic rings. The number of amides is 1. The molecule has 7 heteroatoms. The Morgan fingerprint density at radius 2 is 1.76 bits per heavy atom. The predicted octanol–water partition coefficient (Wildman–Crippen LogP) is 4.02. The number of hydrogen-bond donors (Lipinski definition) is 1. The van der Waals surface area contributed by atoms with Crippen molar-refractivity contribution in [2.45, 2.75) is 51.4 Å². The van der Waals surface area contributed by atoms with Crippen molar-refractivity contribution in [3.05, 3.63) is 34.9 Å². The zero-order valence-electron chi connectivity index (χ0n) is 15.8. The molecular weight excluding hydrogens is 358 g/mol. The summed E-state index contributed by atoms with van der Waals surface area (Å²) in [4.78, 5) is 24.3. The van der Waals surface area contributed by atoms with Gasteiger partial charge < -0.3 is 14.5 Å². The monoisotopic (exact) mass is 385 g/mol. The number of hydrogen-bond acceptors (Lipinski definition) is 4. The number of carbonyl (C=O) groups is 2. The average Bonchev–Trinajstić information content (AvgIpc) is 2.52. The molecule has 0 saturated heterocycles. The van der Waals surface area contributed by atoms with Crippen molar-refractivity contribution in [3.63, 3.8) is 0 Å². The minimum absolute atomic E-state index is 0.0836. The number of ether oxygens (including phenoxy) is 1. The topological polar surface area (TPSA) is 64.6 Å². The van der Waals surface area contributed by atoms with Crippen molar-refractivity contribution in [3.8, 4) is 0 Å². The Bertz CT molecular complexity index is 596. The van der Waals surface area contributed by atoms with Crippen LogP contribution in [0.4, 0.5) is 0 Å². The zero-order chi connectivity index (χ0) is 19.3. The van der Waals surface area contributed by atoms with Gasteiger partial charge >= 0.3 is 5.97 Å². The van der Waals surface area contributed by atoms with Gasteiger partial charge in [0.15, 0.2) is 8.32 Å². The number of benzene rings is 1. The molecule has 1 amide bonds. The second-order valence-corrected chi connectivity index (χ2v) is 12.7. The minimum atomic E-state index is -1.91. The van der Waals surface area contributed by atoms with Gasteiger partial charge in [0.25, 0.3) is 5.91 Å². The Morgan fingerprint density at radius 1 is 1.20 bits per heavy atom. The van der Waals surface area contributed by atoms with E-state index in [4.69, 9.17) is 20.8 Å². The van der Waals surface area contributed by atoms with E-state index in [1.165, 1.54) is 7.11 Å². The molecule has 0 spiro atoms. The van der Waals surface area contributed by atoms with Crippen LogP contribution in [0.2, 0.25) is 23.2 Å². The molecule has 0 heterocycles. The molecule has 5 nitrogen and oxygen atoms in total. The van der Waals surface area contributed by atoms with Gasteiger partial charge in [0.1, 0.15) is 6.04 Å². The van der Waals surface area contributed by atoms with Crippen molar-refractivity contribution >= 4 is 31.8 Å². The Hall–Kier alpha value is -1.37. The number of nitrogens with one attached hydrogen (secondary N) is 1. The van der Waals surface area contributed by atoms with Crippen molar-refractivity contribution in [1.82, 2.24) is 5.32 Å². The van der Waals surface area contributed by atoms with E-state index in [1.54, 1.807) is 24.3 Å². The summed E-state index contributed by atoms with van der Waals surface area (Å²) in [6, 6.07) is 5.72. The molecule has 25 heavy (non-hydrogen) atoms. The summed E-state index contributed by atoms with van der Waals surface area (Å²) in [5, 5.41) is 3.34. The molecule has 0 unspecified atom stereocenters. The van der Waals surface area contributed by atoms with Gasteiger partial charge in [0.2, 0.25) is 0 Å². The fraction of sp³-hybridized carbons (Fsp3) is 0.556. The highest BCUT2D eigenvalue weighted by Gasteiger charge is 2.37. The molecule has 0 aromatic heterocycles. The molecule has 0 saturated carbocycles. The van der Waals surface area contributed by atoms with E-state index in [2.05, 4.69) is 39.2 Å². The van der Waals surface area contributed by atoms with Crippen molar-refractivity contribution in [2.24, 2.45) is 0 Å². The standard InChI is InChI=1S/C18H28ClNO4Si/c1-18(2,3)25(5,6)24-12-11-15(17(22)23-4)20-16(21)13-7-9-14(19)10-8-13/h7-10,15H,11-12H2,1-6H3,(H,20,21)/t15-/m1/s1. The van der Waals surface area contributed by atoms with Gasteiger partial charge in [-0.3, -0.25) is 4.79 Å². The third-order valence-corrected chi connectivity index (χ3v) is 9.36. The van der Waals surface area contributed by atoms with Crippen molar-refractivity contribution in [2.75, 3.05) is 13.7 Å². The lowest BCUT2D eigenvalue weighted by atomic mass is 10.1. The summed E-state index contributed by atoms with van der Waals surface area (Å²) in [5.41, 5.74) is 0.434. The molecule has 0 aliphatic carbocycles. The summed E-state index contributed by atoms with van der Waals surface area (Å²) in [6.07, 6.45) is 0.360. The number of esters is 1. The van der Waals surface area contributed by atoms with E-state index < -0.39 is 20.3 Å². The number of methoxy groups -OCH3 is 1. The summed E-state index contributed by atoms with van der Waals surface area (Å²) in [7, 11) is -0.602. The van der Waals surface area contributed by atoms with Crippen LogP contribution in [0, 0.1) is 0 Å². The van der Waals surface area contributed by atoms with E-state index in [1.807, 2.05) is 0 Å². The van der Waals surface area contributed by atoms with Gasteiger partial charge in [-0.25, -0.2) is 4.79 Å². The fourth-order valence-corrected chi connectivity index (χ4v) is 3.07. The highest BCUT2D eigenvalue weighted by molar-refractivity contribution is 6.74. The Balaban J connectivity index is 2.70. The van der Waals surface area contributed by atoms with Crippen molar-refractivity contribution in [1.29, 1.82) is 0 Å². The summed E-state index contributed by atoms with van der Waals surface area (Å²) in [6.45, 7) is 11.1. The Morgan fingerprint density at radius 3 is 2.24 bits per heavy atom. The molecule has 1 rings (SSSR count). The zero-order valence-corrected chi connectivity index (χ0v) is 17.6. The Kier molecular flexibility index (Phi) is 7.65. The third kappa shape index (κ3) is 6.45. The lowest BCUT2D eigenvalue weighted by Crippen LogP contribution is -2.45. The van der Waals surface area contributed by atoms with Crippen LogP contribution in [-0.4, -0.2) is 40.0 Å².